The highest BCUT2D eigenvalue weighted by molar-refractivity contribution is 7.80. The van der Waals surface area contributed by atoms with Gasteiger partial charge in [0.2, 0.25) is 5.88 Å². The topological polar surface area (TPSA) is 48.1 Å². The number of para-hydroxylation sites is 1. The van der Waals surface area contributed by atoms with Crippen molar-refractivity contribution in [2.75, 3.05) is 0 Å². The van der Waals surface area contributed by atoms with Gasteiger partial charge < -0.3 is 10.5 Å². The van der Waals surface area contributed by atoms with Crippen molar-refractivity contribution in [3.63, 3.8) is 0 Å². The molecule has 0 spiro atoms. The lowest BCUT2D eigenvalue weighted by atomic mass is 10.1. The summed E-state index contributed by atoms with van der Waals surface area (Å²) in [5.74, 6) is 0.490. The fourth-order valence-corrected chi connectivity index (χ4v) is 2.68. The number of nitrogens with zero attached hydrogens (tertiary/aromatic N) is 1. The van der Waals surface area contributed by atoms with Crippen LogP contribution in [0.1, 0.15) is 10.4 Å². The molecule has 0 aliphatic carbocycles. The summed E-state index contributed by atoms with van der Waals surface area (Å²) in [4.78, 5) is 5.94. The highest BCUT2D eigenvalue weighted by Gasteiger charge is 2.11. The molecular weight excluding hydrogens is 288 g/mol. The maximum absolute atomic E-state index is 5.78. The Labute approximate surface area is 126 Å². The van der Waals surface area contributed by atoms with E-state index in [0.717, 1.165) is 15.8 Å². The third kappa shape index (κ3) is 2.64. The van der Waals surface area contributed by atoms with Gasteiger partial charge in [0, 0.05) is 10.3 Å². The molecular formula is C15H12N2OS2. The molecule has 0 fully saturated rings. The first-order valence-corrected chi connectivity index (χ1v) is 7.37. The zero-order valence-corrected chi connectivity index (χ0v) is 12.2. The number of rotatable bonds is 4. The van der Waals surface area contributed by atoms with Gasteiger partial charge in [0.1, 0.15) is 11.6 Å². The van der Waals surface area contributed by atoms with Gasteiger partial charge in [-0.3, -0.25) is 0 Å². The Morgan fingerprint density at radius 2 is 2.10 bits per heavy atom. The van der Waals surface area contributed by atoms with Crippen LogP contribution in [0.2, 0.25) is 0 Å². The van der Waals surface area contributed by atoms with Crippen LogP contribution in [0.25, 0.3) is 10.9 Å². The van der Waals surface area contributed by atoms with Crippen molar-refractivity contribution in [3.05, 3.63) is 58.3 Å². The third-order valence-electron chi connectivity index (χ3n) is 2.89. The fraction of sp³-hybridized carbons (Fsp3) is 0.0667. The minimum absolute atomic E-state index is 0.296. The molecule has 3 rings (SSSR count). The predicted molar refractivity (Wildman–Crippen MR) is 86.3 cm³/mol. The monoisotopic (exact) mass is 300 g/mol. The number of hydrogen-bond donors (Lipinski definition) is 1. The highest BCUT2D eigenvalue weighted by atomic mass is 32.1. The van der Waals surface area contributed by atoms with Crippen molar-refractivity contribution < 1.29 is 4.74 Å². The van der Waals surface area contributed by atoms with E-state index in [1.165, 1.54) is 0 Å². The molecule has 0 atom stereocenters. The third-order valence-corrected chi connectivity index (χ3v) is 3.96. The summed E-state index contributed by atoms with van der Waals surface area (Å²) in [5.41, 5.74) is 7.31. The standard InChI is InChI=1S/C15H12N2OS2/c16-14(19)12-8-10-4-1-2-6-13(10)17-15(12)18-9-11-5-3-7-20-11/h1-8H,9H2,(H2,16,19). The highest BCUT2D eigenvalue weighted by Crippen LogP contribution is 2.23. The molecule has 3 nitrogen and oxygen atoms in total. The molecule has 20 heavy (non-hydrogen) atoms. The van der Waals surface area contributed by atoms with E-state index in [9.17, 15) is 0 Å². The second-order valence-corrected chi connectivity index (χ2v) is 5.74. The molecule has 5 heteroatoms. The number of thiophene rings is 1. The lowest BCUT2D eigenvalue weighted by Gasteiger charge is -2.10. The van der Waals surface area contributed by atoms with E-state index >= 15 is 0 Å². The minimum atomic E-state index is 0.296. The van der Waals surface area contributed by atoms with Crippen LogP contribution < -0.4 is 10.5 Å². The molecule has 2 aromatic heterocycles. The molecule has 0 amide bonds. The van der Waals surface area contributed by atoms with Crippen LogP contribution in [0.5, 0.6) is 5.88 Å². The summed E-state index contributed by atoms with van der Waals surface area (Å²) in [6.45, 7) is 0.471. The van der Waals surface area contributed by atoms with Crippen LogP contribution in [-0.2, 0) is 6.61 Å². The van der Waals surface area contributed by atoms with Gasteiger partial charge in [-0.15, -0.1) is 11.3 Å². The number of ether oxygens (including phenoxy) is 1. The molecule has 1 aromatic carbocycles. The Bertz CT molecular complexity index is 754. The van der Waals surface area contributed by atoms with Crippen LogP contribution in [0.4, 0.5) is 0 Å². The molecule has 2 heterocycles. The number of hydrogen-bond acceptors (Lipinski definition) is 4. The molecule has 2 N–H and O–H groups in total. The summed E-state index contributed by atoms with van der Waals surface area (Å²) in [7, 11) is 0. The van der Waals surface area contributed by atoms with Gasteiger partial charge in [-0.25, -0.2) is 4.98 Å². The van der Waals surface area contributed by atoms with Crippen molar-refractivity contribution >= 4 is 39.4 Å². The average Bonchev–Trinajstić information content (AvgIpc) is 2.97. The van der Waals surface area contributed by atoms with Crippen molar-refractivity contribution in [3.8, 4) is 5.88 Å². The van der Waals surface area contributed by atoms with E-state index in [2.05, 4.69) is 4.98 Å². The van der Waals surface area contributed by atoms with Crippen molar-refractivity contribution in [1.29, 1.82) is 0 Å². The van der Waals surface area contributed by atoms with Gasteiger partial charge in [-0.2, -0.15) is 0 Å². The van der Waals surface area contributed by atoms with E-state index in [-0.39, 0.29) is 0 Å². The van der Waals surface area contributed by atoms with Crippen molar-refractivity contribution in [2.45, 2.75) is 6.61 Å². The van der Waals surface area contributed by atoms with E-state index in [1.54, 1.807) is 11.3 Å². The number of aromatic nitrogens is 1. The Morgan fingerprint density at radius 1 is 1.25 bits per heavy atom. The SMILES string of the molecule is NC(=S)c1cc2ccccc2nc1OCc1cccs1. The number of nitrogens with two attached hydrogens (primary N) is 1. The second-order valence-electron chi connectivity index (χ2n) is 4.27. The van der Waals surface area contributed by atoms with Crippen molar-refractivity contribution in [1.82, 2.24) is 4.98 Å². The van der Waals surface area contributed by atoms with Crippen LogP contribution in [0.15, 0.2) is 47.8 Å². The molecule has 0 unspecified atom stereocenters. The van der Waals surface area contributed by atoms with Crippen LogP contribution >= 0.6 is 23.6 Å². The summed E-state index contributed by atoms with van der Waals surface area (Å²) in [6, 6.07) is 13.8. The first-order chi connectivity index (χ1) is 9.74. The molecule has 100 valence electrons. The first-order valence-electron chi connectivity index (χ1n) is 6.09. The van der Waals surface area contributed by atoms with Gasteiger partial charge >= 0.3 is 0 Å². The number of benzene rings is 1. The van der Waals surface area contributed by atoms with Crippen LogP contribution in [0.3, 0.4) is 0 Å². The first kappa shape index (κ1) is 13.0. The van der Waals surface area contributed by atoms with E-state index in [1.807, 2.05) is 47.8 Å². The van der Waals surface area contributed by atoms with E-state index in [4.69, 9.17) is 22.7 Å². The molecule has 0 radical (unpaired) electrons. The Morgan fingerprint density at radius 3 is 2.85 bits per heavy atom. The maximum Gasteiger partial charge on any atom is 0.224 e. The fourth-order valence-electron chi connectivity index (χ4n) is 1.92. The van der Waals surface area contributed by atoms with Crippen LogP contribution in [0, 0.1) is 0 Å². The smallest absolute Gasteiger partial charge is 0.224 e. The lowest BCUT2D eigenvalue weighted by Crippen LogP contribution is -2.12. The van der Waals surface area contributed by atoms with Gasteiger partial charge in [0.25, 0.3) is 0 Å². The second kappa shape index (κ2) is 5.56. The molecule has 0 bridgehead atoms. The Hall–Kier alpha value is -1.98. The lowest BCUT2D eigenvalue weighted by molar-refractivity contribution is 0.298. The van der Waals surface area contributed by atoms with Crippen LogP contribution in [-0.4, -0.2) is 9.97 Å². The number of fused-ring (bicyclic) bond motifs is 1. The zero-order chi connectivity index (χ0) is 13.9. The van der Waals surface area contributed by atoms with Gasteiger partial charge in [0.15, 0.2) is 0 Å². The molecule has 0 saturated carbocycles. The molecule has 0 saturated heterocycles. The minimum Gasteiger partial charge on any atom is -0.471 e. The van der Waals surface area contributed by atoms with E-state index < -0.39 is 0 Å². The number of pyridine rings is 1. The molecule has 0 aliphatic heterocycles. The van der Waals surface area contributed by atoms with Gasteiger partial charge in [-0.05, 0) is 23.6 Å². The summed E-state index contributed by atoms with van der Waals surface area (Å²) in [6.07, 6.45) is 0. The predicted octanol–water partition coefficient (Wildman–Crippen LogP) is 3.51. The van der Waals surface area contributed by atoms with E-state index in [0.29, 0.717) is 23.0 Å². The van der Waals surface area contributed by atoms with Gasteiger partial charge in [0.05, 0.1) is 11.1 Å². The van der Waals surface area contributed by atoms with Gasteiger partial charge in [-0.1, -0.05) is 36.5 Å². The quantitative estimate of drug-likeness (QED) is 0.749. The zero-order valence-electron chi connectivity index (χ0n) is 10.6. The number of thiocarbonyl (C=S) groups is 1. The normalized spacial score (nSPS) is 10.6. The molecule has 0 aliphatic rings. The molecule has 3 aromatic rings. The summed E-state index contributed by atoms with van der Waals surface area (Å²) >= 11 is 6.73. The Kier molecular flexibility index (Phi) is 3.62. The average molecular weight is 300 g/mol. The Balaban J connectivity index is 1.98. The summed E-state index contributed by atoms with van der Waals surface area (Å²) in [5, 5.41) is 3.01. The largest absolute Gasteiger partial charge is 0.471 e. The van der Waals surface area contributed by atoms with Crippen molar-refractivity contribution in [2.24, 2.45) is 5.73 Å². The maximum atomic E-state index is 5.78. The summed E-state index contributed by atoms with van der Waals surface area (Å²) < 4.78 is 5.78.